The Morgan fingerprint density at radius 2 is 1.93 bits per heavy atom. The van der Waals surface area contributed by atoms with Crippen molar-refractivity contribution >= 4 is 39.2 Å². The Morgan fingerprint density at radius 3 is 2.67 bits per heavy atom. The summed E-state index contributed by atoms with van der Waals surface area (Å²) in [7, 11) is 0. The van der Waals surface area contributed by atoms with Gasteiger partial charge in [0.2, 0.25) is 0 Å². The van der Waals surface area contributed by atoms with Crippen LogP contribution in [0.3, 0.4) is 0 Å². The quantitative estimate of drug-likeness (QED) is 0.455. The Labute approximate surface area is 177 Å². The van der Waals surface area contributed by atoms with Crippen molar-refractivity contribution in [1.29, 1.82) is 5.26 Å². The van der Waals surface area contributed by atoms with Gasteiger partial charge in [-0.25, -0.2) is 4.98 Å². The molecule has 4 aromatic rings. The number of carboxylic acids is 1. The summed E-state index contributed by atoms with van der Waals surface area (Å²) >= 11 is 1.48. The third-order valence-electron chi connectivity index (χ3n) is 4.53. The van der Waals surface area contributed by atoms with E-state index in [0.717, 1.165) is 27.0 Å². The summed E-state index contributed by atoms with van der Waals surface area (Å²) in [6.07, 6.45) is 3.91. The molecular weight excluding hydrogens is 396 g/mol. The lowest BCUT2D eigenvalue weighted by Gasteiger charge is -2.02. The van der Waals surface area contributed by atoms with E-state index in [-0.39, 0.29) is 6.42 Å². The number of nitrogens with zero attached hydrogens (tertiary/aromatic N) is 4. The van der Waals surface area contributed by atoms with Crippen LogP contribution < -0.4 is 0 Å². The maximum Gasteiger partial charge on any atom is 0.307 e. The summed E-state index contributed by atoms with van der Waals surface area (Å²) in [4.78, 5) is 16.2. The Bertz CT molecular complexity index is 1230. The zero-order chi connectivity index (χ0) is 20.9. The van der Waals surface area contributed by atoms with Gasteiger partial charge >= 0.3 is 5.97 Å². The minimum atomic E-state index is -0.918. The number of nitriles is 1. The van der Waals surface area contributed by atoms with Crippen molar-refractivity contribution in [3.05, 3.63) is 71.4 Å². The molecular formula is C23H18N4O2S. The first-order valence-corrected chi connectivity index (χ1v) is 10.2. The number of fused-ring (bicyclic) bond motifs is 1. The number of hydrogen-bond donors (Lipinski definition) is 1. The molecule has 2 aromatic carbocycles. The molecule has 148 valence electrons. The van der Waals surface area contributed by atoms with Crippen molar-refractivity contribution < 1.29 is 9.90 Å². The van der Waals surface area contributed by atoms with Gasteiger partial charge in [-0.05, 0) is 23.8 Å². The minimum absolute atomic E-state index is 0.141. The number of aromatic nitrogens is 3. The van der Waals surface area contributed by atoms with Crippen molar-refractivity contribution in [2.45, 2.75) is 19.4 Å². The van der Waals surface area contributed by atoms with E-state index in [1.54, 1.807) is 4.68 Å². The molecule has 0 radical (unpaired) electrons. The van der Waals surface area contributed by atoms with Gasteiger partial charge in [-0.1, -0.05) is 42.5 Å². The fourth-order valence-electron chi connectivity index (χ4n) is 3.19. The number of benzene rings is 2. The number of carboxylic acid groups (broad SMARTS) is 1. The smallest absolute Gasteiger partial charge is 0.307 e. The molecule has 2 aromatic heterocycles. The summed E-state index contributed by atoms with van der Waals surface area (Å²) in [6, 6.07) is 19.6. The molecule has 0 aliphatic carbocycles. The first kappa shape index (κ1) is 19.6. The standard InChI is InChI=1S/C23H18N4O2S/c24-11-6-12-27-15-18(22(26-27)16-7-2-1-3-8-16)13-17(14-21(28)29)23-25-19-9-4-5-10-20(19)30-23/h1-5,7-10,13,15H,6,12,14H2,(H,28,29)/b17-13+. The third kappa shape index (κ3) is 4.29. The molecule has 30 heavy (non-hydrogen) atoms. The van der Waals surface area contributed by atoms with Gasteiger partial charge < -0.3 is 5.11 Å². The zero-order valence-electron chi connectivity index (χ0n) is 16.0. The van der Waals surface area contributed by atoms with E-state index in [1.807, 2.05) is 66.9 Å². The molecule has 0 saturated heterocycles. The highest BCUT2D eigenvalue weighted by Crippen LogP contribution is 2.32. The van der Waals surface area contributed by atoms with Crippen LogP contribution in [-0.2, 0) is 11.3 Å². The lowest BCUT2D eigenvalue weighted by Crippen LogP contribution is -1.97. The Kier molecular flexibility index (Phi) is 5.68. The van der Waals surface area contributed by atoms with Crippen LogP contribution in [0, 0.1) is 11.3 Å². The number of aliphatic carboxylic acids is 1. The van der Waals surface area contributed by atoms with Crippen molar-refractivity contribution in [2.75, 3.05) is 0 Å². The maximum absolute atomic E-state index is 11.6. The molecule has 7 heteroatoms. The number of rotatable bonds is 7. The van der Waals surface area contributed by atoms with Crippen LogP contribution in [0.1, 0.15) is 23.4 Å². The van der Waals surface area contributed by atoms with E-state index >= 15 is 0 Å². The second kappa shape index (κ2) is 8.72. The molecule has 0 aliphatic heterocycles. The molecule has 0 atom stereocenters. The largest absolute Gasteiger partial charge is 0.481 e. The minimum Gasteiger partial charge on any atom is -0.481 e. The van der Waals surface area contributed by atoms with Crippen LogP contribution in [0.5, 0.6) is 0 Å². The van der Waals surface area contributed by atoms with E-state index in [0.29, 0.717) is 23.5 Å². The van der Waals surface area contributed by atoms with Gasteiger partial charge in [0, 0.05) is 17.3 Å². The Morgan fingerprint density at radius 1 is 1.17 bits per heavy atom. The fraction of sp³-hybridized carbons (Fsp3) is 0.130. The summed E-state index contributed by atoms with van der Waals surface area (Å²) in [6.45, 7) is 0.472. The van der Waals surface area contributed by atoms with E-state index in [2.05, 4.69) is 16.2 Å². The van der Waals surface area contributed by atoms with Crippen molar-refractivity contribution in [3.63, 3.8) is 0 Å². The summed E-state index contributed by atoms with van der Waals surface area (Å²) in [5.41, 5.74) is 3.95. The number of thiazole rings is 1. The van der Waals surface area contributed by atoms with Crippen molar-refractivity contribution in [2.24, 2.45) is 0 Å². The van der Waals surface area contributed by atoms with Crippen molar-refractivity contribution in [1.82, 2.24) is 14.8 Å². The normalized spacial score (nSPS) is 11.5. The number of aryl methyl sites for hydroxylation is 1. The fourth-order valence-corrected chi connectivity index (χ4v) is 4.17. The van der Waals surface area contributed by atoms with Gasteiger partial charge in [0.05, 0.1) is 41.4 Å². The molecule has 6 nitrogen and oxygen atoms in total. The molecule has 2 heterocycles. The molecule has 0 amide bonds. The van der Waals surface area contributed by atoms with Crippen LogP contribution in [0.4, 0.5) is 0 Å². The molecule has 0 aliphatic rings. The molecule has 0 fully saturated rings. The molecule has 4 rings (SSSR count). The van der Waals surface area contributed by atoms with E-state index < -0.39 is 5.97 Å². The summed E-state index contributed by atoms with van der Waals surface area (Å²) in [5, 5.41) is 23.7. The van der Waals surface area contributed by atoms with Gasteiger partial charge in [0.15, 0.2) is 0 Å². The molecule has 0 saturated carbocycles. The lowest BCUT2D eigenvalue weighted by molar-refractivity contribution is -0.135. The monoisotopic (exact) mass is 414 g/mol. The first-order chi connectivity index (χ1) is 14.6. The van der Waals surface area contributed by atoms with Crippen LogP contribution in [0.25, 0.3) is 33.1 Å². The molecule has 0 unspecified atom stereocenters. The number of para-hydroxylation sites is 1. The lowest BCUT2D eigenvalue weighted by atomic mass is 10.0. The average Bonchev–Trinajstić information content (AvgIpc) is 3.36. The van der Waals surface area contributed by atoms with E-state index in [4.69, 9.17) is 5.26 Å². The van der Waals surface area contributed by atoms with Gasteiger partial charge in [0.25, 0.3) is 0 Å². The van der Waals surface area contributed by atoms with Gasteiger partial charge in [-0.3, -0.25) is 9.48 Å². The molecule has 1 N–H and O–H groups in total. The van der Waals surface area contributed by atoms with Gasteiger partial charge in [-0.15, -0.1) is 11.3 Å². The van der Waals surface area contributed by atoms with Crippen LogP contribution in [0.15, 0.2) is 60.8 Å². The zero-order valence-corrected chi connectivity index (χ0v) is 16.8. The average molecular weight is 414 g/mol. The van der Waals surface area contributed by atoms with Crippen LogP contribution in [-0.4, -0.2) is 25.8 Å². The summed E-state index contributed by atoms with van der Waals surface area (Å²) in [5.74, 6) is -0.918. The number of carbonyl (C=O) groups is 1. The third-order valence-corrected chi connectivity index (χ3v) is 5.64. The SMILES string of the molecule is N#CCCn1cc(/C=C(\CC(=O)O)c2nc3ccccc3s2)c(-c2ccccc2)n1. The van der Waals surface area contributed by atoms with E-state index in [9.17, 15) is 9.90 Å². The highest BCUT2D eigenvalue weighted by Gasteiger charge is 2.16. The van der Waals surface area contributed by atoms with Gasteiger partial charge in [-0.2, -0.15) is 10.4 Å². The second-order valence-electron chi connectivity index (χ2n) is 6.70. The Hall–Kier alpha value is -3.76. The highest BCUT2D eigenvalue weighted by atomic mass is 32.1. The predicted octanol–water partition coefficient (Wildman–Crippen LogP) is 5.09. The maximum atomic E-state index is 11.6. The highest BCUT2D eigenvalue weighted by molar-refractivity contribution is 7.19. The molecule has 0 spiro atoms. The predicted molar refractivity (Wildman–Crippen MR) is 118 cm³/mol. The van der Waals surface area contributed by atoms with Gasteiger partial charge in [0.1, 0.15) is 5.01 Å². The van der Waals surface area contributed by atoms with E-state index in [1.165, 1.54) is 11.3 Å². The summed E-state index contributed by atoms with van der Waals surface area (Å²) < 4.78 is 2.74. The Balaban J connectivity index is 1.83. The number of hydrogen-bond acceptors (Lipinski definition) is 5. The topological polar surface area (TPSA) is 91.8 Å². The molecule has 0 bridgehead atoms. The van der Waals surface area contributed by atoms with Crippen LogP contribution in [0.2, 0.25) is 0 Å². The van der Waals surface area contributed by atoms with Crippen LogP contribution >= 0.6 is 11.3 Å². The second-order valence-corrected chi connectivity index (χ2v) is 7.73. The first-order valence-electron chi connectivity index (χ1n) is 9.42. The van der Waals surface area contributed by atoms with Crippen molar-refractivity contribution in [3.8, 4) is 17.3 Å².